The zero-order chi connectivity index (χ0) is 21.4. The first-order valence-electron chi connectivity index (χ1n) is 8.80. The zero-order valence-electron chi connectivity index (χ0n) is 16.3. The summed E-state index contributed by atoms with van der Waals surface area (Å²) in [6, 6.07) is 10.4. The van der Waals surface area contributed by atoms with E-state index in [1.807, 2.05) is 37.3 Å². The average molecular weight is 398 g/mol. The highest BCUT2D eigenvalue weighted by molar-refractivity contribution is 5.99. The predicted molar refractivity (Wildman–Crippen MR) is 113 cm³/mol. The van der Waals surface area contributed by atoms with Crippen LogP contribution in [0.4, 0.5) is 16.3 Å². The van der Waals surface area contributed by atoms with Crippen LogP contribution < -0.4 is 27.9 Å². The first-order chi connectivity index (χ1) is 13.8. The van der Waals surface area contributed by atoms with E-state index in [1.165, 1.54) is 30.6 Å². The summed E-state index contributed by atoms with van der Waals surface area (Å²) in [4.78, 5) is 16.8. The maximum atomic E-state index is 12.4. The first kappa shape index (κ1) is 21.5. The molecule has 10 nitrogen and oxygen atoms in total. The summed E-state index contributed by atoms with van der Waals surface area (Å²) < 4.78 is 4.98. The van der Waals surface area contributed by atoms with Gasteiger partial charge < -0.3 is 26.5 Å². The van der Waals surface area contributed by atoms with E-state index >= 15 is 0 Å². The molecule has 9 N–H and O–H groups in total. The van der Waals surface area contributed by atoms with Crippen LogP contribution in [0.3, 0.4) is 0 Å². The third-order valence-corrected chi connectivity index (χ3v) is 4.05. The van der Waals surface area contributed by atoms with Gasteiger partial charge >= 0.3 is 6.03 Å². The van der Waals surface area contributed by atoms with Gasteiger partial charge in [0.05, 0.1) is 31.0 Å². The molecule has 0 aliphatic carbocycles. The van der Waals surface area contributed by atoms with Crippen molar-refractivity contribution in [1.82, 2.24) is 15.3 Å². The van der Waals surface area contributed by atoms with E-state index in [4.69, 9.17) is 27.5 Å². The van der Waals surface area contributed by atoms with Crippen molar-refractivity contribution in [2.24, 2.45) is 11.6 Å². The average Bonchev–Trinajstić information content (AvgIpc) is 2.68. The van der Waals surface area contributed by atoms with Gasteiger partial charge in [-0.1, -0.05) is 30.3 Å². The van der Waals surface area contributed by atoms with Crippen LogP contribution in [0.2, 0.25) is 0 Å². The number of benzene rings is 1. The minimum Gasteiger partial charge on any atom is -0.481 e. The number of carbonyl (C=O) groups is 1. The number of urea groups is 1. The van der Waals surface area contributed by atoms with Crippen molar-refractivity contribution in [2.45, 2.75) is 19.5 Å². The Morgan fingerprint density at radius 3 is 2.69 bits per heavy atom. The Balaban J connectivity index is 2.22. The molecule has 0 radical (unpaired) electrons. The number of amides is 2. The van der Waals surface area contributed by atoms with E-state index in [2.05, 4.69) is 15.6 Å². The molecule has 1 aromatic heterocycles. The fraction of sp³-hybridized carbons (Fsp3) is 0.211. The Bertz CT molecular complexity index is 885. The van der Waals surface area contributed by atoms with E-state index in [0.717, 1.165) is 5.56 Å². The number of nitrogens with zero attached hydrogens (tertiary/aromatic N) is 2. The SMILES string of the molecule is COC(=N)c1c(N)cc(NC(=O)NC(C)c2ccccc2)nc1CN(N)C=CN. The predicted octanol–water partition coefficient (Wildman–Crippen LogP) is 1.62. The van der Waals surface area contributed by atoms with Crippen molar-refractivity contribution in [1.29, 1.82) is 5.41 Å². The Morgan fingerprint density at radius 2 is 2.07 bits per heavy atom. The molecule has 1 atom stereocenters. The number of rotatable bonds is 7. The number of nitrogen functional groups attached to an aromatic ring is 1. The number of pyridine rings is 1. The topological polar surface area (TPSA) is 168 Å². The molecule has 0 saturated carbocycles. The maximum Gasteiger partial charge on any atom is 0.320 e. The molecule has 154 valence electrons. The van der Waals surface area contributed by atoms with E-state index in [-0.39, 0.29) is 35.6 Å². The monoisotopic (exact) mass is 398 g/mol. The number of nitrogens with one attached hydrogen (secondary N) is 3. The van der Waals surface area contributed by atoms with Gasteiger partial charge in [0.1, 0.15) is 5.82 Å². The second-order valence-corrected chi connectivity index (χ2v) is 6.20. The molecule has 0 bridgehead atoms. The third kappa shape index (κ3) is 5.84. The minimum absolute atomic E-state index is 0.0938. The van der Waals surface area contributed by atoms with Crippen LogP contribution >= 0.6 is 0 Å². The number of hydrazine groups is 1. The van der Waals surface area contributed by atoms with Gasteiger partial charge in [0, 0.05) is 24.2 Å². The second-order valence-electron chi connectivity index (χ2n) is 6.20. The number of hydrogen-bond acceptors (Lipinski definition) is 8. The fourth-order valence-corrected chi connectivity index (χ4v) is 2.67. The standard InChI is InChI=1S/C19H26N8O2/c1-12(13-6-4-3-5-7-13)24-19(28)26-16-10-14(21)17(18(22)29-2)15(25-16)11-27(23)9-8-20/h3-10,12,22H,11,20,23H2,1-2H3,(H4,21,24,25,26,28). The van der Waals surface area contributed by atoms with Gasteiger partial charge in [0.25, 0.3) is 0 Å². The van der Waals surface area contributed by atoms with Crippen LogP contribution in [-0.2, 0) is 11.3 Å². The smallest absolute Gasteiger partial charge is 0.320 e. The van der Waals surface area contributed by atoms with Crippen molar-refractivity contribution in [3.63, 3.8) is 0 Å². The van der Waals surface area contributed by atoms with Gasteiger partial charge in [0.15, 0.2) is 0 Å². The summed E-state index contributed by atoms with van der Waals surface area (Å²) >= 11 is 0. The molecule has 0 aliphatic rings. The lowest BCUT2D eigenvalue weighted by Gasteiger charge is -2.19. The molecule has 1 unspecified atom stereocenters. The second kappa shape index (κ2) is 9.95. The summed E-state index contributed by atoms with van der Waals surface area (Å²) in [6.45, 7) is 1.97. The van der Waals surface area contributed by atoms with Crippen LogP contribution in [0.25, 0.3) is 0 Å². The molecule has 0 saturated heterocycles. The molecule has 0 spiro atoms. The first-order valence-corrected chi connectivity index (χ1v) is 8.80. The van der Waals surface area contributed by atoms with Crippen LogP contribution in [-0.4, -0.2) is 29.0 Å². The van der Waals surface area contributed by atoms with E-state index in [9.17, 15) is 4.79 Å². The number of ether oxygens (including phenoxy) is 1. The number of methoxy groups -OCH3 is 1. The van der Waals surface area contributed by atoms with Crippen LogP contribution in [0.1, 0.15) is 29.8 Å². The van der Waals surface area contributed by atoms with Crippen LogP contribution in [0.15, 0.2) is 48.8 Å². The largest absolute Gasteiger partial charge is 0.481 e. The third-order valence-electron chi connectivity index (χ3n) is 4.05. The molecule has 29 heavy (non-hydrogen) atoms. The molecule has 10 heteroatoms. The minimum atomic E-state index is -0.444. The summed E-state index contributed by atoms with van der Waals surface area (Å²) in [6.07, 6.45) is 2.71. The normalized spacial score (nSPS) is 11.7. The number of nitrogens with two attached hydrogens (primary N) is 3. The quantitative estimate of drug-likeness (QED) is 0.178. The molecule has 1 aromatic carbocycles. The fourth-order valence-electron chi connectivity index (χ4n) is 2.67. The number of hydrogen-bond donors (Lipinski definition) is 6. The van der Waals surface area contributed by atoms with Gasteiger partial charge in [0.2, 0.25) is 5.90 Å². The Kier molecular flexibility index (Phi) is 7.38. The number of carbonyl (C=O) groups excluding carboxylic acids is 1. The van der Waals surface area contributed by atoms with Gasteiger partial charge in [-0.05, 0) is 12.5 Å². The highest BCUT2D eigenvalue weighted by Gasteiger charge is 2.18. The van der Waals surface area contributed by atoms with Gasteiger partial charge in [-0.25, -0.2) is 15.6 Å². The van der Waals surface area contributed by atoms with E-state index in [1.54, 1.807) is 0 Å². The van der Waals surface area contributed by atoms with Gasteiger partial charge in [-0.3, -0.25) is 10.7 Å². The highest BCUT2D eigenvalue weighted by Crippen LogP contribution is 2.22. The Morgan fingerprint density at radius 1 is 1.38 bits per heavy atom. The highest BCUT2D eigenvalue weighted by atomic mass is 16.5. The molecular formula is C19H26N8O2. The lowest BCUT2D eigenvalue weighted by molar-refractivity contribution is 0.249. The zero-order valence-corrected chi connectivity index (χ0v) is 16.3. The molecular weight excluding hydrogens is 372 g/mol. The Labute approximate surface area is 169 Å². The lowest BCUT2D eigenvalue weighted by atomic mass is 10.1. The summed E-state index contributed by atoms with van der Waals surface area (Å²) in [5.74, 6) is 5.89. The maximum absolute atomic E-state index is 12.4. The molecule has 2 aromatic rings. The molecule has 1 heterocycles. The Hall–Kier alpha value is -3.79. The van der Waals surface area contributed by atoms with Crippen molar-refractivity contribution in [3.05, 3.63) is 65.6 Å². The summed E-state index contributed by atoms with van der Waals surface area (Å²) in [5, 5.41) is 14.7. The van der Waals surface area contributed by atoms with Gasteiger partial charge in [-0.15, -0.1) is 0 Å². The number of aromatic nitrogens is 1. The van der Waals surface area contributed by atoms with Crippen molar-refractivity contribution < 1.29 is 9.53 Å². The van der Waals surface area contributed by atoms with E-state index < -0.39 is 6.03 Å². The van der Waals surface area contributed by atoms with E-state index in [0.29, 0.717) is 5.69 Å². The number of anilines is 2. The summed E-state index contributed by atoms with van der Waals surface area (Å²) in [5.41, 5.74) is 13.3. The van der Waals surface area contributed by atoms with Gasteiger partial charge in [-0.2, -0.15) is 0 Å². The lowest BCUT2D eigenvalue weighted by Crippen LogP contribution is -2.32. The van der Waals surface area contributed by atoms with Crippen molar-refractivity contribution in [2.75, 3.05) is 18.2 Å². The van der Waals surface area contributed by atoms with Crippen molar-refractivity contribution >= 4 is 23.4 Å². The molecule has 2 amide bonds. The molecule has 0 fully saturated rings. The van der Waals surface area contributed by atoms with Crippen LogP contribution in [0, 0.1) is 5.41 Å². The molecule has 2 rings (SSSR count). The summed E-state index contributed by atoms with van der Waals surface area (Å²) in [7, 11) is 1.36. The molecule has 0 aliphatic heterocycles. The van der Waals surface area contributed by atoms with Crippen molar-refractivity contribution in [3.8, 4) is 0 Å². The van der Waals surface area contributed by atoms with Crippen LogP contribution in [0.5, 0.6) is 0 Å².